The highest BCUT2D eigenvalue weighted by atomic mass is 127. The molecule has 2 aliphatic rings. The van der Waals surface area contributed by atoms with E-state index >= 15 is 0 Å². The second kappa shape index (κ2) is 6.76. The lowest BCUT2D eigenvalue weighted by atomic mass is 10.1. The summed E-state index contributed by atoms with van der Waals surface area (Å²) in [7, 11) is 1.83. The van der Waals surface area contributed by atoms with Crippen molar-refractivity contribution in [3.8, 4) is 0 Å². The summed E-state index contributed by atoms with van der Waals surface area (Å²) in [6.45, 7) is 1.44. The van der Waals surface area contributed by atoms with Crippen molar-refractivity contribution in [1.82, 2.24) is 10.2 Å². The third-order valence-corrected chi connectivity index (χ3v) is 5.15. The largest absolute Gasteiger partial charge is 0.348 e. The standard InChI is InChI=1S/C9H8INO.C8H6INO/c1-11-5-6-2-3-7(10)4-8(6)9(11)12;9-6-2-1-5-4-10-8(11)7(5)3-6/h2-4H,5H2,1H3;1-3H,4H2,(H,10,11). The molecule has 23 heavy (non-hydrogen) atoms. The van der Waals surface area contributed by atoms with Crippen LogP contribution in [0.3, 0.4) is 0 Å². The van der Waals surface area contributed by atoms with E-state index in [1.165, 1.54) is 0 Å². The minimum Gasteiger partial charge on any atom is -0.348 e. The molecule has 0 aromatic heterocycles. The van der Waals surface area contributed by atoms with Gasteiger partial charge in [0, 0.05) is 38.4 Å². The molecule has 0 fully saturated rings. The Morgan fingerprint density at radius 3 is 2.26 bits per heavy atom. The Bertz CT molecular complexity index is 805. The molecule has 2 aromatic rings. The number of halogens is 2. The van der Waals surface area contributed by atoms with Gasteiger partial charge in [0.2, 0.25) is 0 Å². The maximum Gasteiger partial charge on any atom is 0.254 e. The Labute approximate surface area is 161 Å². The molecule has 0 saturated heterocycles. The maximum absolute atomic E-state index is 11.5. The van der Waals surface area contributed by atoms with Gasteiger partial charge >= 0.3 is 0 Å². The number of rotatable bonds is 0. The number of amides is 2. The number of hydrogen-bond donors (Lipinski definition) is 1. The van der Waals surface area contributed by atoms with Crippen molar-refractivity contribution >= 4 is 57.0 Å². The number of nitrogens with one attached hydrogen (secondary N) is 1. The second-order valence-electron chi connectivity index (χ2n) is 5.45. The van der Waals surface area contributed by atoms with Crippen LogP contribution in [0.4, 0.5) is 0 Å². The minimum absolute atomic E-state index is 0.0542. The fourth-order valence-corrected chi connectivity index (χ4v) is 3.59. The Hall–Kier alpha value is -1.16. The maximum atomic E-state index is 11.5. The van der Waals surface area contributed by atoms with Crippen LogP contribution in [0.15, 0.2) is 36.4 Å². The summed E-state index contributed by atoms with van der Waals surface area (Å²) in [4.78, 5) is 24.3. The lowest BCUT2D eigenvalue weighted by Gasteiger charge is -2.04. The first kappa shape index (κ1) is 16.7. The van der Waals surface area contributed by atoms with Crippen molar-refractivity contribution in [3.63, 3.8) is 0 Å². The van der Waals surface area contributed by atoms with Crippen LogP contribution in [0.2, 0.25) is 0 Å². The fourth-order valence-electron chi connectivity index (χ4n) is 2.60. The topological polar surface area (TPSA) is 49.4 Å². The first-order chi connectivity index (χ1) is 11.0. The van der Waals surface area contributed by atoms with Gasteiger partial charge in [-0.05, 0) is 80.6 Å². The van der Waals surface area contributed by atoms with Crippen molar-refractivity contribution in [3.05, 3.63) is 65.8 Å². The van der Waals surface area contributed by atoms with Crippen LogP contribution in [-0.2, 0) is 13.1 Å². The first-order valence-corrected chi connectivity index (χ1v) is 9.22. The minimum atomic E-state index is 0.0542. The zero-order valence-corrected chi connectivity index (χ0v) is 16.7. The van der Waals surface area contributed by atoms with Crippen LogP contribution in [0.5, 0.6) is 0 Å². The number of carbonyl (C=O) groups is 2. The highest BCUT2D eigenvalue weighted by Crippen LogP contribution is 2.22. The van der Waals surface area contributed by atoms with Crippen molar-refractivity contribution in [2.24, 2.45) is 0 Å². The highest BCUT2D eigenvalue weighted by molar-refractivity contribution is 14.1. The van der Waals surface area contributed by atoms with E-state index in [-0.39, 0.29) is 11.8 Å². The molecule has 0 atom stereocenters. The molecule has 0 bridgehead atoms. The molecule has 0 spiro atoms. The van der Waals surface area contributed by atoms with Gasteiger partial charge in [-0.25, -0.2) is 0 Å². The van der Waals surface area contributed by atoms with E-state index < -0.39 is 0 Å². The van der Waals surface area contributed by atoms with Gasteiger partial charge in [0.15, 0.2) is 0 Å². The summed E-state index contributed by atoms with van der Waals surface area (Å²) in [5.74, 6) is 0.196. The van der Waals surface area contributed by atoms with Gasteiger partial charge in [0.05, 0.1) is 0 Å². The van der Waals surface area contributed by atoms with Gasteiger partial charge in [-0.15, -0.1) is 0 Å². The zero-order valence-electron chi connectivity index (χ0n) is 12.4. The van der Waals surface area contributed by atoms with Crippen molar-refractivity contribution in [1.29, 1.82) is 0 Å². The number of carbonyl (C=O) groups excluding carboxylic acids is 2. The van der Waals surface area contributed by atoms with E-state index in [0.29, 0.717) is 6.54 Å². The lowest BCUT2D eigenvalue weighted by molar-refractivity contribution is 0.0816. The van der Waals surface area contributed by atoms with Crippen LogP contribution < -0.4 is 5.32 Å². The predicted octanol–water partition coefficient (Wildman–Crippen LogP) is 3.41. The molecule has 6 heteroatoms. The van der Waals surface area contributed by atoms with Gasteiger partial charge in [-0.2, -0.15) is 0 Å². The van der Waals surface area contributed by atoms with Crippen molar-refractivity contribution < 1.29 is 9.59 Å². The van der Waals surface area contributed by atoms with E-state index in [4.69, 9.17) is 0 Å². The summed E-state index contributed by atoms with van der Waals surface area (Å²) in [5, 5.41) is 2.77. The number of benzene rings is 2. The van der Waals surface area contributed by atoms with Gasteiger partial charge in [0.25, 0.3) is 11.8 Å². The second-order valence-corrected chi connectivity index (χ2v) is 7.94. The zero-order chi connectivity index (χ0) is 16.6. The Kier molecular flexibility index (Phi) is 4.90. The van der Waals surface area contributed by atoms with Gasteiger partial charge in [0.1, 0.15) is 0 Å². The summed E-state index contributed by atoms with van der Waals surface area (Å²) in [6.07, 6.45) is 0. The third-order valence-electron chi connectivity index (χ3n) is 3.81. The Morgan fingerprint density at radius 2 is 1.57 bits per heavy atom. The molecule has 2 heterocycles. The lowest BCUT2D eigenvalue weighted by Crippen LogP contribution is -2.17. The number of fused-ring (bicyclic) bond motifs is 2. The average Bonchev–Trinajstić information content (AvgIpc) is 3.02. The van der Waals surface area contributed by atoms with E-state index in [1.54, 1.807) is 4.90 Å². The molecule has 0 unspecified atom stereocenters. The molecule has 2 aromatic carbocycles. The molecule has 1 N–H and O–H groups in total. The van der Waals surface area contributed by atoms with Crippen LogP contribution in [-0.4, -0.2) is 23.8 Å². The summed E-state index contributed by atoms with van der Waals surface area (Å²) in [6, 6.07) is 11.9. The molecule has 4 rings (SSSR count). The summed E-state index contributed by atoms with van der Waals surface area (Å²) >= 11 is 4.42. The van der Waals surface area contributed by atoms with E-state index in [9.17, 15) is 9.59 Å². The van der Waals surface area contributed by atoms with Crippen LogP contribution in [0.1, 0.15) is 31.8 Å². The quantitative estimate of drug-likeness (QED) is 0.530. The SMILES string of the molecule is CN1Cc2ccc(I)cc2C1=O.O=C1NCc2ccc(I)cc21. The highest BCUT2D eigenvalue weighted by Gasteiger charge is 2.23. The fraction of sp³-hybridized carbons (Fsp3) is 0.176. The molecule has 2 aliphatic heterocycles. The summed E-state index contributed by atoms with van der Waals surface area (Å²) < 4.78 is 2.23. The molecule has 118 valence electrons. The van der Waals surface area contributed by atoms with Gasteiger partial charge in [-0.1, -0.05) is 12.1 Å². The van der Waals surface area contributed by atoms with Crippen molar-refractivity contribution in [2.75, 3.05) is 7.05 Å². The number of nitrogens with zero attached hydrogens (tertiary/aromatic N) is 1. The van der Waals surface area contributed by atoms with E-state index in [1.807, 2.05) is 43.4 Å². The Morgan fingerprint density at radius 1 is 0.957 bits per heavy atom. The third kappa shape index (κ3) is 3.52. The average molecular weight is 532 g/mol. The van der Waals surface area contributed by atoms with Crippen LogP contribution >= 0.6 is 45.2 Å². The molecule has 4 nitrogen and oxygen atoms in total. The molecule has 0 aliphatic carbocycles. The molecule has 2 amide bonds. The molecular weight excluding hydrogens is 518 g/mol. The van der Waals surface area contributed by atoms with Crippen LogP contribution in [0, 0.1) is 7.14 Å². The molecule has 0 radical (unpaired) electrons. The molecule has 0 saturated carbocycles. The van der Waals surface area contributed by atoms with Crippen molar-refractivity contribution in [2.45, 2.75) is 13.1 Å². The normalized spacial score (nSPS) is 14.8. The van der Waals surface area contributed by atoms with Gasteiger partial charge in [-0.3, -0.25) is 9.59 Å². The summed E-state index contributed by atoms with van der Waals surface area (Å²) in [5.41, 5.74) is 3.94. The number of hydrogen-bond acceptors (Lipinski definition) is 2. The van der Waals surface area contributed by atoms with Crippen LogP contribution in [0.25, 0.3) is 0 Å². The predicted molar refractivity (Wildman–Crippen MR) is 105 cm³/mol. The molecular formula is C17H14I2N2O2. The van der Waals surface area contributed by atoms with Gasteiger partial charge < -0.3 is 10.2 Å². The van der Waals surface area contributed by atoms with E-state index in [2.05, 4.69) is 50.5 Å². The smallest absolute Gasteiger partial charge is 0.254 e. The van der Waals surface area contributed by atoms with E-state index in [0.717, 1.165) is 35.9 Å². The monoisotopic (exact) mass is 532 g/mol. The first-order valence-electron chi connectivity index (χ1n) is 7.06. The Balaban J connectivity index is 0.000000136.